The second-order valence-corrected chi connectivity index (χ2v) is 3.17. The van der Waals surface area contributed by atoms with Gasteiger partial charge in [0.05, 0.1) is 5.56 Å². The molecular formula is C11H15N3O. The number of rotatable bonds is 5. The second kappa shape index (κ2) is 5.99. The molecule has 1 aromatic rings. The van der Waals surface area contributed by atoms with E-state index in [-0.39, 0.29) is 6.61 Å². The standard InChI is InChI=1S/C11H15N3O/c1-2-14(6-3-7-15)11-5-4-10(8-12)9-13-11/h4-5,9,15H,2-3,6-7H2,1H3. The summed E-state index contributed by atoms with van der Waals surface area (Å²) in [6.45, 7) is 3.86. The number of nitriles is 1. The smallest absolute Gasteiger partial charge is 0.128 e. The zero-order valence-electron chi connectivity index (χ0n) is 8.85. The molecule has 0 radical (unpaired) electrons. The van der Waals surface area contributed by atoms with Crippen LogP contribution in [0.25, 0.3) is 0 Å². The van der Waals surface area contributed by atoms with Crippen molar-refractivity contribution in [1.82, 2.24) is 4.98 Å². The van der Waals surface area contributed by atoms with Gasteiger partial charge >= 0.3 is 0 Å². The molecule has 1 N–H and O–H groups in total. The Balaban J connectivity index is 2.70. The monoisotopic (exact) mass is 205 g/mol. The highest BCUT2D eigenvalue weighted by atomic mass is 16.3. The molecule has 0 saturated heterocycles. The van der Waals surface area contributed by atoms with E-state index in [0.717, 1.165) is 25.3 Å². The first-order valence-corrected chi connectivity index (χ1v) is 5.03. The number of hydrogen-bond donors (Lipinski definition) is 1. The van der Waals surface area contributed by atoms with E-state index >= 15 is 0 Å². The van der Waals surface area contributed by atoms with Crippen LogP contribution in [0.3, 0.4) is 0 Å². The predicted molar refractivity (Wildman–Crippen MR) is 58.5 cm³/mol. The Morgan fingerprint density at radius 1 is 1.53 bits per heavy atom. The van der Waals surface area contributed by atoms with E-state index in [1.165, 1.54) is 0 Å². The molecule has 0 saturated carbocycles. The number of hydrogen-bond acceptors (Lipinski definition) is 4. The van der Waals surface area contributed by atoms with E-state index in [1.807, 2.05) is 19.1 Å². The lowest BCUT2D eigenvalue weighted by molar-refractivity contribution is 0.289. The van der Waals surface area contributed by atoms with Crippen LogP contribution < -0.4 is 4.90 Å². The minimum Gasteiger partial charge on any atom is -0.396 e. The minimum absolute atomic E-state index is 0.187. The molecule has 0 spiro atoms. The lowest BCUT2D eigenvalue weighted by Crippen LogP contribution is -2.25. The average molecular weight is 205 g/mol. The maximum Gasteiger partial charge on any atom is 0.128 e. The van der Waals surface area contributed by atoms with Crippen LogP contribution in [0.5, 0.6) is 0 Å². The summed E-state index contributed by atoms with van der Waals surface area (Å²) in [6, 6.07) is 5.62. The number of aliphatic hydroxyl groups is 1. The quantitative estimate of drug-likeness (QED) is 0.783. The van der Waals surface area contributed by atoms with Gasteiger partial charge in [0.25, 0.3) is 0 Å². The van der Waals surface area contributed by atoms with Gasteiger partial charge in [-0.1, -0.05) is 0 Å². The van der Waals surface area contributed by atoms with Crippen molar-refractivity contribution in [2.75, 3.05) is 24.6 Å². The van der Waals surface area contributed by atoms with E-state index in [2.05, 4.69) is 9.88 Å². The first-order valence-electron chi connectivity index (χ1n) is 5.03. The fraction of sp³-hybridized carbons (Fsp3) is 0.455. The van der Waals surface area contributed by atoms with Gasteiger partial charge in [0.1, 0.15) is 11.9 Å². The van der Waals surface area contributed by atoms with Gasteiger partial charge in [0, 0.05) is 25.9 Å². The maximum atomic E-state index is 8.75. The van der Waals surface area contributed by atoms with E-state index < -0.39 is 0 Å². The lowest BCUT2D eigenvalue weighted by atomic mass is 10.3. The molecule has 0 atom stereocenters. The molecule has 0 bridgehead atoms. The van der Waals surface area contributed by atoms with Crippen molar-refractivity contribution >= 4 is 5.82 Å². The Bertz CT molecular complexity index is 329. The summed E-state index contributed by atoms with van der Waals surface area (Å²) in [6.07, 6.45) is 2.30. The van der Waals surface area contributed by atoms with Gasteiger partial charge < -0.3 is 10.0 Å². The molecule has 1 heterocycles. The zero-order valence-corrected chi connectivity index (χ0v) is 8.85. The van der Waals surface area contributed by atoms with Crippen LogP contribution in [0.1, 0.15) is 18.9 Å². The van der Waals surface area contributed by atoms with Gasteiger partial charge in [-0.15, -0.1) is 0 Å². The highest BCUT2D eigenvalue weighted by Gasteiger charge is 2.04. The number of nitrogens with zero attached hydrogens (tertiary/aromatic N) is 3. The Morgan fingerprint density at radius 3 is 2.80 bits per heavy atom. The lowest BCUT2D eigenvalue weighted by Gasteiger charge is -2.21. The Hall–Kier alpha value is -1.60. The van der Waals surface area contributed by atoms with E-state index in [0.29, 0.717) is 5.56 Å². The minimum atomic E-state index is 0.187. The molecule has 0 aromatic carbocycles. The average Bonchev–Trinajstić information content (AvgIpc) is 2.31. The van der Waals surface area contributed by atoms with Crippen molar-refractivity contribution in [1.29, 1.82) is 5.26 Å². The molecule has 0 unspecified atom stereocenters. The zero-order chi connectivity index (χ0) is 11.1. The van der Waals surface area contributed by atoms with Gasteiger partial charge in [0.2, 0.25) is 0 Å². The van der Waals surface area contributed by atoms with Crippen LogP contribution >= 0.6 is 0 Å². The van der Waals surface area contributed by atoms with Crippen molar-refractivity contribution < 1.29 is 5.11 Å². The summed E-state index contributed by atoms with van der Waals surface area (Å²) in [4.78, 5) is 6.26. The Morgan fingerprint density at radius 2 is 2.33 bits per heavy atom. The molecule has 0 aliphatic heterocycles. The van der Waals surface area contributed by atoms with Gasteiger partial charge in [-0.3, -0.25) is 0 Å². The number of aliphatic hydroxyl groups excluding tert-OH is 1. The third-order valence-electron chi connectivity index (χ3n) is 2.17. The topological polar surface area (TPSA) is 60.1 Å². The molecule has 1 rings (SSSR count). The molecular weight excluding hydrogens is 190 g/mol. The van der Waals surface area contributed by atoms with Crippen LogP contribution in [0.15, 0.2) is 18.3 Å². The molecule has 1 aromatic heterocycles. The molecule has 0 aliphatic carbocycles. The maximum absolute atomic E-state index is 8.75. The first kappa shape index (κ1) is 11.5. The summed E-state index contributed by atoms with van der Waals surface area (Å²) in [5, 5.41) is 17.4. The van der Waals surface area contributed by atoms with Crippen molar-refractivity contribution in [3.05, 3.63) is 23.9 Å². The molecule has 4 heteroatoms. The molecule has 80 valence electrons. The van der Waals surface area contributed by atoms with Gasteiger partial charge in [-0.2, -0.15) is 5.26 Å². The van der Waals surface area contributed by atoms with Crippen molar-refractivity contribution in [2.45, 2.75) is 13.3 Å². The van der Waals surface area contributed by atoms with Crippen LogP contribution in [0.2, 0.25) is 0 Å². The summed E-state index contributed by atoms with van der Waals surface area (Å²) in [7, 11) is 0. The van der Waals surface area contributed by atoms with Crippen LogP contribution in [0.4, 0.5) is 5.82 Å². The van der Waals surface area contributed by atoms with Gasteiger partial charge in [0.15, 0.2) is 0 Å². The van der Waals surface area contributed by atoms with Crippen molar-refractivity contribution in [3.63, 3.8) is 0 Å². The Labute approximate surface area is 89.8 Å². The molecule has 0 amide bonds. The molecule has 0 fully saturated rings. The number of aromatic nitrogens is 1. The van der Waals surface area contributed by atoms with Crippen molar-refractivity contribution in [3.8, 4) is 6.07 Å². The summed E-state index contributed by atoms with van der Waals surface area (Å²) in [5.74, 6) is 0.852. The largest absolute Gasteiger partial charge is 0.396 e. The first-order chi connectivity index (χ1) is 7.31. The summed E-state index contributed by atoms with van der Waals surface area (Å²) < 4.78 is 0. The van der Waals surface area contributed by atoms with Crippen molar-refractivity contribution in [2.24, 2.45) is 0 Å². The van der Waals surface area contributed by atoms with Crippen LogP contribution in [-0.2, 0) is 0 Å². The number of pyridine rings is 1. The fourth-order valence-electron chi connectivity index (χ4n) is 1.34. The SMILES string of the molecule is CCN(CCCO)c1ccc(C#N)cn1. The molecule has 15 heavy (non-hydrogen) atoms. The number of anilines is 1. The molecule has 0 aliphatic rings. The fourth-order valence-corrected chi connectivity index (χ4v) is 1.34. The second-order valence-electron chi connectivity index (χ2n) is 3.17. The highest BCUT2D eigenvalue weighted by Crippen LogP contribution is 2.10. The normalized spacial score (nSPS) is 9.67. The van der Waals surface area contributed by atoms with E-state index in [1.54, 1.807) is 12.3 Å². The van der Waals surface area contributed by atoms with Gasteiger partial charge in [-0.05, 0) is 25.5 Å². The van der Waals surface area contributed by atoms with Crippen LogP contribution in [0, 0.1) is 11.3 Å². The third-order valence-corrected chi connectivity index (χ3v) is 2.17. The Kier molecular flexibility index (Phi) is 4.58. The van der Waals surface area contributed by atoms with Gasteiger partial charge in [-0.25, -0.2) is 4.98 Å². The summed E-state index contributed by atoms with van der Waals surface area (Å²) in [5.41, 5.74) is 0.567. The van der Waals surface area contributed by atoms with Crippen LogP contribution in [-0.4, -0.2) is 29.8 Å². The predicted octanol–water partition coefficient (Wildman–Crippen LogP) is 1.16. The molecule has 4 nitrogen and oxygen atoms in total. The summed E-state index contributed by atoms with van der Waals surface area (Å²) >= 11 is 0. The van der Waals surface area contributed by atoms with E-state index in [9.17, 15) is 0 Å². The highest BCUT2D eigenvalue weighted by molar-refractivity contribution is 5.41. The third kappa shape index (κ3) is 3.22. The van der Waals surface area contributed by atoms with E-state index in [4.69, 9.17) is 10.4 Å².